The molecule has 0 saturated carbocycles. The zero-order valence-corrected chi connectivity index (χ0v) is 12.1. The zero-order valence-electron chi connectivity index (χ0n) is 10.6. The van der Waals surface area contributed by atoms with Crippen molar-refractivity contribution in [1.82, 2.24) is 10.1 Å². The summed E-state index contributed by atoms with van der Waals surface area (Å²) in [6.07, 6.45) is 1.84. The number of hydrazine groups is 2. The van der Waals surface area contributed by atoms with E-state index in [1.54, 1.807) is 0 Å². The van der Waals surface area contributed by atoms with Crippen molar-refractivity contribution in [2.24, 2.45) is 0 Å². The molecule has 2 aromatic carbocycles. The minimum Gasteiger partial charge on any atom is -0.268 e. The largest absolute Gasteiger partial charge is 0.268 e. The first-order valence-electron chi connectivity index (χ1n) is 6.23. The van der Waals surface area contributed by atoms with Crippen LogP contribution >= 0.6 is 23.4 Å². The SMILES string of the molecule is ClC1=CN(c2ccccc2-c2ccccc2)NN(Cl)C1. The normalized spacial score (nSPS) is 16.1. The van der Waals surface area contributed by atoms with Crippen LogP contribution in [-0.2, 0) is 0 Å². The topological polar surface area (TPSA) is 18.5 Å². The number of rotatable bonds is 2. The van der Waals surface area contributed by atoms with Crippen LogP contribution in [0.3, 0.4) is 0 Å². The highest BCUT2D eigenvalue weighted by Crippen LogP contribution is 2.31. The Balaban J connectivity index is 2.05. The molecule has 102 valence electrons. The summed E-state index contributed by atoms with van der Waals surface area (Å²) in [5.74, 6) is 0. The predicted octanol–water partition coefficient (Wildman–Crippen LogP) is 4.13. The summed E-state index contributed by atoms with van der Waals surface area (Å²) in [5.41, 5.74) is 6.28. The van der Waals surface area contributed by atoms with Gasteiger partial charge >= 0.3 is 0 Å². The Bertz CT molecular complexity index is 628. The van der Waals surface area contributed by atoms with Crippen molar-refractivity contribution in [1.29, 1.82) is 0 Å². The van der Waals surface area contributed by atoms with Gasteiger partial charge in [-0.3, -0.25) is 5.01 Å². The molecule has 0 spiro atoms. The second kappa shape index (κ2) is 5.85. The second-order valence-corrected chi connectivity index (χ2v) is 5.34. The lowest BCUT2D eigenvalue weighted by molar-refractivity contribution is 0.351. The molecular formula is C15H13Cl2N3. The summed E-state index contributed by atoms with van der Waals surface area (Å²) in [6.45, 7) is 0.465. The molecule has 0 radical (unpaired) electrons. The summed E-state index contributed by atoms with van der Waals surface area (Å²) >= 11 is 12.1. The van der Waals surface area contributed by atoms with Gasteiger partial charge in [0.05, 0.1) is 17.3 Å². The molecule has 5 heteroatoms. The van der Waals surface area contributed by atoms with Gasteiger partial charge in [-0.15, -0.1) is 10.1 Å². The first-order chi connectivity index (χ1) is 9.74. The highest BCUT2D eigenvalue weighted by atomic mass is 35.5. The maximum absolute atomic E-state index is 6.11. The molecule has 0 amide bonds. The molecule has 0 bridgehead atoms. The van der Waals surface area contributed by atoms with Crippen LogP contribution in [0.4, 0.5) is 5.69 Å². The first kappa shape index (κ1) is 13.5. The van der Waals surface area contributed by atoms with Crippen LogP contribution < -0.4 is 10.5 Å². The van der Waals surface area contributed by atoms with E-state index >= 15 is 0 Å². The molecule has 1 N–H and O–H groups in total. The summed E-state index contributed by atoms with van der Waals surface area (Å²) < 4.78 is 1.42. The Morgan fingerprint density at radius 2 is 1.65 bits per heavy atom. The minimum absolute atomic E-state index is 0.465. The first-order valence-corrected chi connectivity index (χ1v) is 6.95. The number of hydrogen-bond donors (Lipinski definition) is 1. The Labute approximate surface area is 128 Å². The quantitative estimate of drug-likeness (QED) is 0.842. The van der Waals surface area contributed by atoms with Crippen molar-refractivity contribution in [3.05, 3.63) is 65.8 Å². The van der Waals surface area contributed by atoms with Gasteiger partial charge in [0.1, 0.15) is 0 Å². The fourth-order valence-electron chi connectivity index (χ4n) is 2.16. The predicted molar refractivity (Wildman–Crippen MR) is 84.0 cm³/mol. The van der Waals surface area contributed by atoms with Crippen LogP contribution in [0, 0.1) is 0 Å². The second-order valence-electron chi connectivity index (χ2n) is 4.45. The molecule has 1 heterocycles. The number of anilines is 1. The molecule has 0 fully saturated rings. The van der Waals surface area contributed by atoms with Crippen LogP contribution in [0.5, 0.6) is 0 Å². The Hall–Kier alpha value is -1.52. The van der Waals surface area contributed by atoms with Gasteiger partial charge in [0, 0.05) is 11.8 Å². The molecule has 0 aromatic heterocycles. The summed E-state index contributed by atoms with van der Waals surface area (Å²) in [6, 6.07) is 18.3. The van der Waals surface area contributed by atoms with Crippen molar-refractivity contribution in [2.75, 3.05) is 11.6 Å². The van der Waals surface area contributed by atoms with Gasteiger partial charge in [0.15, 0.2) is 0 Å². The van der Waals surface area contributed by atoms with E-state index in [1.807, 2.05) is 47.6 Å². The Kier molecular flexibility index (Phi) is 3.94. The van der Waals surface area contributed by atoms with Gasteiger partial charge in [0.2, 0.25) is 0 Å². The average molecular weight is 306 g/mol. The fraction of sp³-hybridized carbons (Fsp3) is 0.0667. The van der Waals surface area contributed by atoms with Gasteiger partial charge in [-0.2, -0.15) is 0 Å². The molecular weight excluding hydrogens is 293 g/mol. The molecule has 0 aliphatic carbocycles. The number of para-hydroxylation sites is 1. The molecule has 1 aliphatic heterocycles. The molecule has 20 heavy (non-hydrogen) atoms. The molecule has 1 aliphatic rings. The Morgan fingerprint density at radius 3 is 2.40 bits per heavy atom. The van der Waals surface area contributed by atoms with Crippen molar-refractivity contribution in [3.8, 4) is 11.1 Å². The van der Waals surface area contributed by atoms with E-state index in [2.05, 4.69) is 23.7 Å². The Morgan fingerprint density at radius 1 is 0.950 bits per heavy atom. The van der Waals surface area contributed by atoms with Gasteiger partial charge < -0.3 is 0 Å². The summed E-state index contributed by atoms with van der Waals surface area (Å²) in [4.78, 5) is 0. The maximum Gasteiger partial charge on any atom is 0.0687 e. The van der Waals surface area contributed by atoms with Crippen molar-refractivity contribution in [3.63, 3.8) is 0 Å². The van der Waals surface area contributed by atoms with Crippen molar-refractivity contribution >= 4 is 29.1 Å². The van der Waals surface area contributed by atoms with Gasteiger partial charge in [0.25, 0.3) is 0 Å². The zero-order chi connectivity index (χ0) is 13.9. The van der Waals surface area contributed by atoms with Gasteiger partial charge in [-0.05, 0) is 23.4 Å². The molecule has 3 nitrogen and oxygen atoms in total. The van der Waals surface area contributed by atoms with Crippen LogP contribution in [0.1, 0.15) is 0 Å². The molecule has 3 rings (SSSR count). The lowest BCUT2D eigenvalue weighted by Gasteiger charge is -2.31. The number of benzene rings is 2. The van der Waals surface area contributed by atoms with Gasteiger partial charge in [-0.25, -0.2) is 0 Å². The fourth-order valence-corrected chi connectivity index (χ4v) is 2.65. The maximum atomic E-state index is 6.11. The van der Waals surface area contributed by atoms with Crippen molar-refractivity contribution in [2.45, 2.75) is 0 Å². The van der Waals surface area contributed by atoms with E-state index in [4.69, 9.17) is 23.4 Å². The van der Waals surface area contributed by atoms with Crippen LogP contribution in [0.25, 0.3) is 11.1 Å². The average Bonchev–Trinajstić information content (AvgIpc) is 2.47. The number of hydrogen-bond acceptors (Lipinski definition) is 3. The molecule has 0 atom stereocenters. The third-order valence-electron chi connectivity index (χ3n) is 3.02. The number of halogens is 2. The van der Waals surface area contributed by atoms with E-state index in [0.29, 0.717) is 11.6 Å². The number of nitrogens with one attached hydrogen (secondary N) is 1. The van der Waals surface area contributed by atoms with Crippen LogP contribution in [0.15, 0.2) is 65.8 Å². The summed E-state index contributed by atoms with van der Waals surface area (Å²) in [5, 5.41) is 2.49. The van der Waals surface area contributed by atoms with E-state index < -0.39 is 0 Å². The van der Waals surface area contributed by atoms with Crippen LogP contribution in [-0.4, -0.2) is 11.1 Å². The smallest absolute Gasteiger partial charge is 0.0687 e. The molecule has 0 unspecified atom stereocenters. The standard InChI is InChI=1S/C15H13Cl2N3/c16-13-10-19(18-20(17)11-13)15-9-5-4-8-14(15)12-6-2-1-3-7-12/h1-10,18H,11H2. The van der Waals surface area contributed by atoms with Crippen LogP contribution in [0.2, 0.25) is 0 Å². The highest BCUT2D eigenvalue weighted by molar-refractivity contribution is 6.30. The van der Waals surface area contributed by atoms with Gasteiger partial charge in [-0.1, -0.05) is 60.1 Å². The molecule has 0 saturated heterocycles. The summed E-state index contributed by atoms with van der Waals surface area (Å²) in [7, 11) is 0. The lowest BCUT2D eigenvalue weighted by Crippen LogP contribution is -2.46. The molecule has 2 aromatic rings. The lowest BCUT2D eigenvalue weighted by atomic mass is 10.0. The third-order valence-corrected chi connectivity index (χ3v) is 3.44. The third kappa shape index (κ3) is 2.81. The number of nitrogens with zero attached hydrogens (tertiary/aromatic N) is 2. The van der Waals surface area contributed by atoms with E-state index in [-0.39, 0.29) is 0 Å². The minimum atomic E-state index is 0.465. The van der Waals surface area contributed by atoms with E-state index in [1.165, 1.54) is 4.53 Å². The monoisotopic (exact) mass is 305 g/mol. The highest BCUT2D eigenvalue weighted by Gasteiger charge is 2.18. The van der Waals surface area contributed by atoms with Crippen molar-refractivity contribution < 1.29 is 0 Å². The van der Waals surface area contributed by atoms with E-state index in [0.717, 1.165) is 16.8 Å². The van der Waals surface area contributed by atoms with E-state index in [9.17, 15) is 0 Å².